The van der Waals surface area contributed by atoms with Gasteiger partial charge in [0.1, 0.15) is 0 Å². The summed E-state index contributed by atoms with van der Waals surface area (Å²) >= 11 is 3.18. The summed E-state index contributed by atoms with van der Waals surface area (Å²) in [5.41, 5.74) is 1.91. The third-order valence-electron chi connectivity index (χ3n) is 4.37. The maximum absolute atomic E-state index is 12.5. The van der Waals surface area contributed by atoms with Crippen LogP contribution in [0.25, 0.3) is 10.2 Å². The number of hydrogen-bond donors (Lipinski definition) is 0. The monoisotopic (exact) mass is 388 g/mol. The Morgan fingerprint density at radius 1 is 1.27 bits per heavy atom. The lowest BCUT2D eigenvalue weighted by atomic mass is 10.3. The second-order valence-corrected chi connectivity index (χ2v) is 8.58. The van der Waals surface area contributed by atoms with Crippen molar-refractivity contribution in [1.82, 2.24) is 19.9 Å². The van der Waals surface area contributed by atoms with Gasteiger partial charge >= 0.3 is 0 Å². The molecule has 0 radical (unpaired) electrons. The Hall–Kier alpha value is -1.90. The molecule has 6 nitrogen and oxygen atoms in total. The Bertz CT molecular complexity index is 866. The van der Waals surface area contributed by atoms with Gasteiger partial charge in [0, 0.05) is 32.2 Å². The number of carbonyl (C=O) groups is 1. The Balaban J connectivity index is 1.25. The number of nitrogens with zero attached hydrogens (tertiary/aromatic N) is 4. The molecule has 0 aliphatic carbocycles. The van der Waals surface area contributed by atoms with Crippen molar-refractivity contribution in [2.24, 2.45) is 0 Å². The van der Waals surface area contributed by atoms with Crippen molar-refractivity contribution in [1.29, 1.82) is 0 Å². The molecule has 0 saturated carbocycles. The van der Waals surface area contributed by atoms with Gasteiger partial charge in [-0.3, -0.25) is 9.69 Å². The normalized spacial score (nSPS) is 15.7. The van der Waals surface area contributed by atoms with E-state index in [1.165, 1.54) is 16.5 Å². The molecular formula is C18H20N4O2S2. The molecule has 1 aliphatic rings. The fourth-order valence-corrected chi connectivity index (χ4v) is 4.97. The number of fused-ring (bicyclic) bond motifs is 1. The van der Waals surface area contributed by atoms with Crippen LogP contribution in [0, 0.1) is 6.92 Å². The van der Waals surface area contributed by atoms with E-state index < -0.39 is 0 Å². The molecule has 3 heterocycles. The number of para-hydroxylation sites is 1. The van der Waals surface area contributed by atoms with E-state index in [1.807, 2.05) is 36.1 Å². The number of benzene rings is 1. The van der Waals surface area contributed by atoms with Crippen LogP contribution in [0.2, 0.25) is 0 Å². The lowest BCUT2D eigenvalue weighted by molar-refractivity contribution is -0.130. The molecule has 3 aromatic rings. The quantitative estimate of drug-likeness (QED) is 0.626. The number of thioether (sulfide) groups is 1. The van der Waals surface area contributed by atoms with Crippen molar-refractivity contribution in [3.63, 3.8) is 0 Å². The van der Waals surface area contributed by atoms with E-state index in [1.54, 1.807) is 11.3 Å². The molecule has 0 atom stereocenters. The van der Waals surface area contributed by atoms with Gasteiger partial charge in [-0.15, -0.1) is 11.3 Å². The third-order valence-corrected chi connectivity index (χ3v) is 6.54. The van der Waals surface area contributed by atoms with Crippen molar-refractivity contribution in [2.75, 3.05) is 31.9 Å². The lowest BCUT2D eigenvalue weighted by Crippen LogP contribution is -2.48. The van der Waals surface area contributed by atoms with Crippen LogP contribution in [0.1, 0.15) is 11.5 Å². The number of thiazole rings is 1. The Morgan fingerprint density at radius 3 is 2.81 bits per heavy atom. The first-order valence-corrected chi connectivity index (χ1v) is 10.4. The van der Waals surface area contributed by atoms with Crippen molar-refractivity contribution in [3.05, 3.63) is 41.8 Å². The highest BCUT2D eigenvalue weighted by molar-refractivity contribution is 8.01. The summed E-state index contributed by atoms with van der Waals surface area (Å²) < 4.78 is 7.40. The number of aryl methyl sites for hydroxylation is 1. The van der Waals surface area contributed by atoms with Crippen molar-refractivity contribution >= 4 is 39.2 Å². The van der Waals surface area contributed by atoms with Crippen molar-refractivity contribution in [3.8, 4) is 0 Å². The molecule has 1 amide bonds. The molecule has 136 valence electrons. The standard InChI is InChI=1S/C18H20N4O2S2/c1-13-10-14(24-20-13)11-21-6-8-22(9-7-21)17(23)12-25-18-19-15-4-2-3-5-16(15)26-18/h2-5,10H,6-9,11-12H2,1H3. The number of aromatic nitrogens is 2. The Labute approximate surface area is 160 Å². The first kappa shape index (κ1) is 17.5. The highest BCUT2D eigenvalue weighted by Crippen LogP contribution is 2.29. The van der Waals surface area contributed by atoms with Crippen LogP contribution in [0.4, 0.5) is 0 Å². The van der Waals surface area contributed by atoms with Crippen LogP contribution in [0.15, 0.2) is 39.2 Å². The van der Waals surface area contributed by atoms with Crippen molar-refractivity contribution < 1.29 is 9.32 Å². The number of hydrogen-bond acceptors (Lipinski definition) is 7. The van der Waals surface area contributed by atoms with Crippen LogP contribution >= 0.6 is 23.1 Å². The fraction of sp³-hybridized carbons (Fsp3) is 0.389. The maximum Gasteiger partial charge on any atom is 0.233 e. The van der Waals surface area contributed by atoms with Crippen LogP contribution in [-0.4, -0.2) is 57.8 Å². The molecule has 1 saturated heterocycles. The van der Waals surface area contributed by atoms with E-state index >= 15 is 0 Å². The summed E-state index contributed by atoms with van der Waals surface area (Å²) in [4.78, 5) is 21.3. The van der Waals surface area contributed by atoms with Gasteiger partial charge in [0.25, 0.3) is 0 Å². The van der Waals surface area contributed by atoms with Gasteiger partial charge in [0.15, 0.2) is 10.1 Å². The Morgan fingerprint density at radius 2 is 2.08 bits per heavy atom. The predicted octanol–water partition coefficient (Wildman–Crippen LogP) is 3.03. The molecule has 1 fully saturated rings. The SMILES string of the molecule is Cc1cc(CN2CCN(C(=O)CSc3nc4ccccc4s3)CC2)on1. The van der Waals surface area contributed by atoms with Crippen LogP contribution in [-0.2, 0) is 11.3 Å². The summed E-state index contributed by atoms with van der Waals surface area (Å²) in [6.07, 6.45) is 0. The average Bonchev–Trinajstić information content (AvgIpc) is 3.25. The zero-order valence-corrected chi connectivity index (χ0v) is 16.2. The van der Waals surface area contributed by atoms with Gasteiger partial charge in [-0.1, -0.05) is 29.1 Å². The molecule has 1 aliphatic heterocycles. The van der Waals surface area contributed by atoms with Crippen LogP contribution in [0.3, 0.4) is 0 Å². The van der Waals surface area contributed by atoms with E-state index in [2.05, 4.69) is 21.1 Å². The molecule has 8 heteroatoms. The second kappa shape index (κ2) is 7.77. The molecule has 1 aromatic carbocycles. The second-order valence-electron chi connectivity index (χ2n) is 6.33. The summed E-state index contributed by atoms with van der Waals surface area (Å²) in [7, 11) is 0. The van der Waals surface area contributed by atoms with E-state index in [9.17, 15) is 4.79 Å². The number of rotatable bonds is 5. The molecule has 26 heavy (non-hydrogen) atoms. The fourth-order valence-electron chi connectivity index (χ4n) is 2.99. The van der Waals surface area contributed by atoms with Crippen LogP contribution in [0.5, 0.6) is 0 Å². The zero-order valence-electron chi connectivity index (χ0n) is 14.6. The third kappa shape index (κ3) is 4.08. The summed E-state index contributed by atoms with van der Waals surface area (Å²) in [6.45, 7) is 5.91. The molecule has 0 N–H and O–H groups in total. The molecule has 4 rings (SSSR count). The summed E-state index contributed by atoms with van der Waals surface area (Å²) in [6, 6.07) is 10.0. The van der Waals surface area contributed by atoms with E-state index in [4.69, 9.17) is 4.52 Å². The highest BCUT2D eigenvalue weighted by Gasteiger charge is 2.22. The topological polar surface area (TPSA) is 62.5 Å². The van der Waals surface area contributed by atoms with E-state index in [0.29, 0.717) is 5.75 Å². The minimum Gasteiger partial charge on any atom is -0.360 e. The maximum atomic E-state index is 12.5. The first-order valence-electron chi connectivity index (χ1n) is 8.58. The molecule has 0 spiro atoms. The molecule has 2 aromatic heterocycles. The molecular weight excluding hydrogens is 368 g/mol. The predicted molar refractivity (Wildman–Crippen MR) is 103 cm³/mol. The van der Waals surface area contributed by atoms with E-state index in [0.717, 1.165) is 54.0 Å². The Kier molecular flexibility index (Phi) is 5.23. The minimum absolute atomic E-state index is 0.185. The largest absolute Gasteiger partial charge is 0.360 e. The summed E-state index contributed by atoms with van der Waals surface area (Å²) in [5.74, 6) is 1.51. The smallest absolute Gasteiger partial charge is 0.233 e. The number of amides is 1. The van der Waals surface area contributed by atoms with Crippen molar-refractivity contribution in [2.45, 2.75) is 17.8 Å². The average molecular weight is 389 g/mol. The van der Waals surface area contributed by atoms with Gasteiger partial charge < -0.3 is 9.42 Å². The van der Waals surface area contributed by atoms with Gasteiger partial charge in [0.2, 0.25) is 5.91 Å². The minimum atomic E-state index is 0.185. The van der Waals surface area contributed by atoms with E-state index in [-0.39, 0.29) is 5.91 Å². The number of carbonyl (C=O) groups excluding carboxylic acids is 1. The highest BCUT2D eigenvalue weighted by atomic mass is 32.2. The molecule has 0 bridgehead atoms. The zero-order chi connectivity index (χ0) is 17.9. The first-order chi connectivity index (χ1) is 12.7. The van der Waals surface area contributed by atoms with Gasteiger partial charge in [-0.25, -0.2) is 4.98 Å². The number of piperazine rings is 1. The molecule has 0 unspecified atom stereocenters. The van der Waals surface area contributed by atoms with Gasteiger partial charge in [-0.2, -0.15) is 0 Å². The lowest BCUT2D eigenvalue weighted by Gasteiger charge is -2.34. The summed E-state index contributed by atoms with van der Waals surface area (Å²) in [5, 5.41) is 3.92. The van der Waals surface area contributed by atoms with Gasteiger partial charge in [-0.05, 0) is 19.1 Å². The van der Waals surface area contributed by atoms with Crippen LogP contribution < -0.4 is 0 Å². The van der Waals surface area contributed by atoms with Gasteiger partial charge in [0.05, 0.1) is 28.2 Å².